The number of amides is 1. The first-order valence-corrected chi connectivity index (χ1v) is 11.1. The molecule has 0 aliphatic carbocycles. The normalized spacial score (nSPS) is 15.9. The topological polar surface area (TPSA) is 79.9 Å². The standard InChI is InChI=1S/C23H24BrN3O4S/c1-14-19(22(29)31-13-12-30-3)20(26-23(32)27(14)2)15-8-10-16(11-9-15)25-21(28)17-6-4-5-7-18(17)24/h4-11,20H,12-13H2,1-3H3,(H,25,28)(H,26,32). The predicted octanol–water partition coefficient (Wildman–Crippen LogP) is 4.03. The van der Waals surface area contributed by atoms with E-state index in [-0.39, 0.29) is 12.5 Å². The Morgan fingerprint density at radius 2 is 1.84 bits per heavy atom. The SMILES string of the molecule is COCCOC(=O)C1=C(C)N(C)C(=S)NC1c1ccc(NC(=O)c2ccccc2Br)cc1. The fourth-order valence-corrected chi connectivity index (χ4v) is 3.97. The van der Waals surface area contributed by atoms with Crippen LogP contribution in [-0.4, -0.2) is 49.3 Å². The third kappa shape index (κ3) is 5.35. The first-order valence-electron chi connectivity index (χ1n) is 9.90. The summed E-state index contributed by atoms with van der Waals surface area (Å²) in [7, 11) is 3.34. The highest BCUT2D eigenvalue weighted by Crippen LogP contribution is 2.31. The summed E-state index contributed by atoms with van der Waals surface area (Å²) >= 11 is 8.82. The Balaban J connectivity index is 1.82. The Bertz CT molecular complexity index is 1060. The Labute approximate surface area is 200 Å². The fraction of sp³-hybridized carbons (Fsp3) is 0.261. The summed E-state index contributed by atoms with van der Waals surface area (Å²) in [4.78, 5) is 27.1. The third-order valence-corrected chi connectivity index (χ3v) is 6.20. The van der Waals surface area contributed by atoms with Crippen molar-refractivity contribution in [1.82, 2.24) is 10.2 Å². The summed E-state index contributed by atoms with van der Waals surface area (Å²) in [5.41, 5.74) is 3.18. The molecule has 2 aromatic carbocycles. The summed E-state index contributed by atoms with van der Waals surface area (Å²) in [6, 6.07) is 14.0. The van der Waals surface area contributed by atoms with Gasteiger partial charge in [0.2, 0.25) is 0 Å². The summed E-state index contributed by atoms with van der Waals surface area (Å²) in [5.74, 6) is -0.653. The molecule has 0 radical (unpaired) electrons. The summed E-state index contributed by atoms with van der Waals surface area (Å²) < 4.78 is 11.1. The van der Waals surface area contributed by atoms with Crippen molar-refractivity contribution >= 4 is 50.8 Å². The average Bonchev–Trinajstić information content (AvgIpc) is 2.78. The van der Waals surface area contributed by atoms with Crippen molar-refractivity contribution in [2.24, 2.45) is 0 Å². The van der Waals surface area contributed by atoms with E-state index in [1.165, 1.54) is 0 Å². The molecular formula is C23H24BrN3O4S. The Morgan fingerprint density at radius 3 is 2.50 bits per heavy atom. The second-order valence-electron chi connectivity index (χ2n) is 7.13. The van der Waals surface area contributed by atoms with Crippen LogP contribution in [0.25, 0.3) is 0 Å². The summed E-state index contributed by atoms with van der Waals surface area (Å²) in [6.45, 7) is 2.31. The molecule has 1 amide bonds. The van der Waals surface area contributed by atoms with Gasteiger partial charge in [-0.3, -0.25) is 4.79 Å². The van der Waals surface area contributed by atoms with E-state index in [1.807, 2.05) is 31.2 Å². The van der Waals surface area contributed by atoms with Gasteiger partial charge in [0, 0.05) is 30.0 Å². The molecular weight excluding hydrogens is 494 g/mol. The first-order chi connectivity index (χ1) is 15.3. The van der Waals surface area contributed by atoms with Crippen molar-refractivity contribution in [1.29, 1.82) is 0 Å². The van der Waals surface area contributed by atoms with E-state index in [0.717, 1.165) is 10.0 Å². The van der Waals surface area contributed by atoms with Crippen LogP contribution in [0.15, 0.2) is 64.3 Å². The van der Waals surface area contributed by atoms with Crippen LogP contribution in [0.1, 0.15) is 28.9 Å². The number of allylic oxidation sites excluding steroid dienone is 1. The highest BCUT2D eigenvalue weighted by Gasteiger charge is 2.33. The minimum atomic E-state index is -0.471. The molecule has 168 valence electrons. The number of nitrogens with zero attached hydrogens (tertiary/aromatic N) is 1. The van der Waals surface area contributed by atoms with E-state index in [4.69, 9.17) is 21.7 Å². The van der Waals surface area contributed by atoms with Gasteiger partial charge in [-0.1, -0.05) is 24.3 Å². The lowest BCUT2D eigenvalue weighted by molar-refractivity contribution is -0.140. The molecule has 0 fully saturated rings. The highest BCUT2D eigenvalue weighted by atomic mass is 79.9. The van der Waals surface area contributed by atoms with E-state index >= 15 is 0 Å². The van der Waals surface area contributed by atoms with E-state index in [2.05, 4.69) is 26.6 Å². The van der Waals surface area contributed by atoms with Gasteiger partial charge in [-0.15, -0.1) is 0 Å². The average molecular weight is 518 g/mol. The largest absolute Gasteiger partial charge is 0.460 e. The molecule has 7 nitrogen and oxygen atoms in total. The predicted molar refractivity (Wildman–Crippen MR) is 130 cm³/mol. The van der Waals surface area contributed by atoms with Crippen molar-refractivity contribution < 1.29 is 19.1 Å². The third-order valence-electron chi connectivity index (χ3n) is 5.11. The number of hydrogen-bond donors (Lipinski definition) is 2. The number of ether oxygens (including phenoxy) is 2. The molecule has 2 N–H and O–H groups in total. The minimum absolute atomic E-state index is 0.160. The maximum Gasteiger partial charge on any atom is 0.338 e. The van der Waals surface area contributed by atoms with Gasteiger partial charge in [0.1, 0.15) is 6.61 Å². The second kappa shape index (κ2) is 10.7. The van der Waals surface area contributed by atoms with Crippen molar-refractivity contribution in [2.75, 3.05) is 32.7 Å². The van der Waals surface area contributed by atoms with Gasteiger partial charge < -0.3 is 25.0 Å². The number of halogens is 1. The van der Waals surface area contributed by atoms with E-state index < -0.39 is 12.0 Å². The molecule has 0 saturated carbocycles. The van der Waals surface area contributed by atoms with Crippen LogP contribution in [0.2, 0.25) is 0 Å². The molecule has 2 aromatic rings. The molecule has 32 heavy (non-hydrogen) atoms. The van der Waals surface area contributed by atoms with Crippen LogP contribution in [0.3, 0.4) is 0 Å². The summed E-state index contributed by atoms with van der Waals surface area (Å²) in [5, 5.41) is 6.59. The molecule has 1 atom stereocenters. The van der Waals surface area contributed by atoms with Gasteiger partial charge in [0.15, 0.2) is 5.11 Å². The zero-order chi connectivity index (χ0) is 23.3. The number of esters is 1. The molecule has 1 aliphatic rings. The quantitative estimate of drug-likeness (QED) is 0.326. The molecule has 1 aliphatic heterocycles. The lowest BCUT2D eigenvalue weighted by atomic mass is 9.95. The number of nitrogens with one attached hydrogen (secondary N) is 2. The number of methoxy groups -OCH3 is 1. The second-order valence-corrected chi connectivity index (χ2v) is 8.37. The van der Waals surface area contributed by atoms with Gasteiger partial charge >= 0.3 is 5.97 Å². The number of thiocarbonyl (C=S) groups is 1. The van der Waals surface area contributed by atoms with E-state index in [1.54, 1.807) is 43.3 Å². The van der Waals surface area contributed by atoms with Crippen LogP contribution in [0.5, 0.6) is 0 Å². The van der Waals surface area contributed by atoms with Crippen LogP contribution in [0, 0.1) is 0 Å². The number of carbonyl (C=O) groups is 2. The zero-order valence-corrected chi connectivity index (χ0v) is 20.4. The number of carbonyl (C=O) groups excluding carboxylic acids is 2. The number of hydrogen-bond acceptors (Lipinski definition) is 5. The molecule has 0 saturated heterocycles. The Morgan fingerprint density at radius 1 is 1.16 bits per heavy atom. The monoisotopic (exact) mass is 517 g/mol. The number of benzene rings is 2. The maximum absolute atomic E-state index is 12.8. The molecule has 1 heterocycles. The zero-order valence-electron chi connectivity index (χ0n) is 18.0. The highest BCUT2D eigenvalue weighted by molar-refractivity contribution is 9.10. The maximum atomic E-state index is 12.8. The molecule has 9 heteroatoms. The number of anilines is 1. The minimum Gasteiger partial charge on any atom is -0.460 e. The van der Waals surface area contributed by atoms with Crippen molar-refractivity contribution in [3.63, 3.8) is 0 Å². The molecule has 3 rings (SSSR count). The van der Waals surface area contributed by atoms with Gasteiger partial charge in [-0.2, -0.15) is 0 Å². The van der Waals surface area contributed by atoms with Gasteiger partial charge in [0.05, 0.1) is 23.8 Å². The van der Waals surface area contributed by atoms with Crippen molar-refractivity contribution in [3.05, 3.63) is 75.4 Å². The first kappa shape index (κ1) is 23.9. The molecule has 0 bridgehead atoms. The van der Waals surface area contributed by atoms with Gasteiger partial charge in [0.25, 0.3) is 5.91 Å². The fourth-order valence-electron chi connectivity index (χ4n) is 3.25. The van der Waals surface area contributed by atoms with Crippen molar-refractivity contribution in [3.8, 4) is 0 Å². The van der Waals surface area contributed by atoms with Crippen LogP contribution in [0.4, 0.5) is 5.69 Å². The van der Waals surface area contributed by atoms with Crippen LogP contribution >= 0.6 is 28.1 Å². The number of rotatable bonds is 7. The van der Waals surface area contributed by atoms with Crippen LogP contribution < -0.4 is 10.6 Å². The molecule has 0 aromatic heterocycles. The Kier molecular flexibility index (Phi) is 8.00. The van der Waals surface area contributed by atoms with Gasteiger partial charge in [-0.25, -0.2) is 4.79 Å². The Hall–Kier alpha value is -2.75. The lowest BCUT2D eigenvalue weighted by Gasteiger charge is -2.35. The van der Waals surface area contributed by atoms with Crippen LogP contribution in [-0.2, 0) is 14.3 Å². The van der Waals surface area contributed by atoms with E-state index in [9.17, 15) is 9.59 Å². The summed E-state index contributed by atoms with van der Waals surface area (Å²) in [6.07, 6.45) is 0. The van der Waals surface area contributed by atoms with Crippen molar-refractivity contribution in [2.45, 2.75) is 13.0 Å². The molecule has 1 unspecified atom stereocenters. The van der Waals surface area contributed by atoms with E-state index in [0.29, 0.717) is 34.2 Å². The molecule has 0 spiro atoms. The smallest absolute Gasteiger partial charge is 0.338 e. The van der Waals surface area contributed by atoms with Gasteiger partial charge in [-0.05, 0) is 64.9 Å². The lowest BCUT2D eigenvalue weighted by Crippen LogP contribution is -2.46.